The highest BCUT2D eigenvalue weighted by Crippen LogP contribution is 2.26. The Kier molecular flexibility index (Phi) is 4.27. The molecule has 0 radical (unpaired) electrons. The van der Waals surface area contributed by atoms with E-state index in [0.29, 0.717) is 11.3 Å². The summed E-state index contributed by atoms with van der Waals surface area (Å²) >= 11 is 0. The molecule has 0 saturated heterocycles. The molecule has 1 aliphatic carbocycles. The van der Waals surface area contributed by atoms with Crippen molar-refractivity contribution in [2.24, 2.45) is 0 Å². The summed E-state index contributed by atoms with van der Waals surface area (Å²) in [6.07, 6.45) is 2.78. The van der Waals surface area contributed by atoms with Crippen molar-refractivity contribution in [3.05, 3.63) is 23.8 Å². The van der Waals surface area contributed by atoms with E-state index < -0.39 is 0 Å². The number of rotatable bonds is 3. The van der Waals surface area contributed by atoms with E-state index >= 15 is 0 Å². The molecule has 1 aromatic rings. The third kappa shape index (κ3) is 3.38. The molecule has 0 aromatic heterocycles. The number of phenols is 1. The normalized spacial score (nSPS) is 22.8. The van der Waals surface area contributed by atoms with Gasteiger partial charge in [-0.15, -0.1) is 0 Å². The van der Waals surface area contributed by atoms with Crippen LogP contribution in [-0.2, 0) is 0 Å². The third-order valence-electron chi connectivity index (χ3n) is 3.47. The molecule has 19 heavy (non-hydrogen) atoms. The number of aliphatic hydroxyl groups excluding tert-OH is 1. The summed E-state index contributed by atoms with van der Waals surface area (Å²) in [6.45, 7) is 0. The van der Waals surface area contributed by atoms with Gasteiger partial charge in [-0.05, 0) is 43.9 Å². The molecule has 5 heteroatoms. The number of carbonyl (C=O) groups excluding carboxylic acids is 1. The van der Waals surface area contributed by atoms with Crippen molar-refractivity contribution in [3.63, 3.8) is 0 Å². The van der Waals surface area contributed by atoms with E-state index in [-0.39, 0.29) is 23.8 Å². The smallest absolute Gasteiger partial charge is 0.251 e. The van der Waals surface area contributed by atoms with Gasteiger partial charge in [0.15, 0.2) is 11.5 Å². The number of phenolic OH excluding ortho intramolecular Hbond substituents is 1. The van der Waals surface area contributed by atoms with Crippen LogP contribution in [0.25, 0.3) is 0 Å². The van der Waals surface area contributed by atoms with Crippen LogP contribution in [0.3, 0.4) is 0 Å². The molecule has 0 bridgehead atoms. The fraction of sp³-hybridized carbons (Fsp3) is 0.500. The fourth-order valence-corrected chi connectivity index (χ4v) is 2.32. The summed E-state index contributed by atoms with van der Waals surface area (Å²) in [5.41, 5.74) is 0.407. The fourth-order valence-electron chi connectivity index (χ4n) is 2.32. The molecule has 0 spiro atoms. The van der Waals surface area contributed by atoms with Gasteiger partial charge in [0, 0.05) is 11.6 Å². The Hall–Kier alpha value is -1.75. The first-order valence-electron chi connectivity index (χ1n) is 6.46. The minimum absolute atomic E-state index is 0.0470. The quantitative estimate of drug-likeness (QED) is 0.772. The lowest BCUT2D eigenvalue weighted by molar-refractivity contribution is 0.0867. The number of nitrogens with one attached hydrogen (secondary N) is 1. The molecule has 3 N–H and O–H groups in total. The molecule has 1 aliphatic rings. The molecule has 0 aliphatic heterocycles. The average Bonchev–Trinajstić information content (AvgIpc) is 2.41. The van der Waals surface area contributed by atoms with Crippen LogP contribution in [0.5, 0.6) is 11.5 Å². The van der Waals surface area contributed by atoms with E-state index in [1.807, 2.05) is 0 Å². The van der Waals surface area contributed by atoms with Gasteiger partial charge >= 0.3 is 0 Å². The predicted molar refractivity (Wildman–Crippen MR) is 70.4 cm³/mol. The zero-order chi connectivity index (χ0) is 13.8. The number of carbonyl (C=O) groups is 1. The van der Waals surface area contributed by atoms with E-state index in [0.717, 1.165) is 25.7 Å². The molecule has 2 rings (SSSR count). The van der Waals surface area contributed by atoms with Crippen LogP contribution < -0.4 is 10.1 Å². The zero-order valence-electron chi connectivity index (χ0n) is 10.9. The van der Waals surface area contributed by atoms with Crippen LogP contribution in [0.1, 0.15) is 36.0 Å². The Labute approximate surface area is 112 Å². The lowest BCUT2D eigenvalue weighted by atomic mass is 9.93. The number of methoxy groups -OCH3 is 1. The summed E-state index contributed by atoms with van der Waals surface area (Å²) < 4.78 is 4.93. The van der Waals surface area contributed by atoms with E-state index in [1.165, 1.54) is 13.2 Å². The van der Waals surface area contributed by atoms with Gasteiger partial charge in [0.2, 0.25) is 0 Å². The highest BCUT2D eigenvalue weighted by molar-refractivity contribution is 5.95. The molecule has 5 nitrogen and oxygen atoms in total. The number of benzene rings is 1. The number of hydrogen-bond donors (Lipinski definition) is 3. The standard InChI is InChI=1S/C14H19NO4/c1-19-13-7-2-9(8-12(13)17)14(18)15-10-3-5-11(16)6-4-10/h2,7-8,10-11,16-17H,3-6H2,1H3,(H,15,18). The maximum absolute atomic E-state index is 12.0. The van der Waals surface area contributed by atoms with Crippen LogP contribution in [-0.4, -0.2) is 35.4 Å². The van der Waals surface area contributed by atoms with Crippen molar-refractivity contribution in [1.29, 1.82) is 0 Å². The number of aromatic hydroxyl groups is 1. The van der Waals surface area contributed by atoms with E-state index in [9.17, 15) is 15.0 Å². The minimum Gasteiger partial charge on any atom is -0.504 e. The highest BCUT2D eigenvalue weighted by atomic mass is 16.5. The van der Waals surface area contributed by atoms with Gasteiger partial charge < -0.3 is 20.3 Å². The molecule has 0 atom stereocenters. The van der Waals surface area contributed by atoms with E-state index in [2.05, 4.69) is 5.32 Å². The second-order valence-electron chi connectivity index (χ2n) is 4.87. The predicted octanol–water partition coefficient (Wildman–Crippen LogP) is 1.43. The Morgan fingerprint density at radius 3 is 2.58 bits per heavy atom. The van der Waals surface area contributed by atoms with Crippen molar-refractivity contribution in [1.82, 2.24) is 5.32 Å². The number of hydrogen-bond acceptors (Lipinski definition) is 4. The maximum atomic E-state index is 12.0. The molecular weight excluding hydrogens is 246 g/mol. The monoisotopic (exact) mass is 265 g/mol. The summed E-state index contributed by atoms with van der Waals surface area (Å²) in [4.78, 5) is 12.0. The Morgan fingerprint density at radius 1 is 1.32 bits per heavy atom. The minimum atomic E-state index is -0.238. The molecule has 104 valence electrons. The molecule has 0 unspecified atom stereocenters. The summed E-state index contributed by atoms with van der Waals surface area (Å²) in [7, 11) is 1.46. The van der Waals surface area contributed by atoms with E-state index in [1.54, 1.807) is 12.1 Å². The lowest BCUT2D eigenvalue weighted by Gasteiger charge is -2.26. The number of aliphatic hydroxyl groups is 1. The SMILES string of the molecule is COc1ccc(C(=O)NC2CCC(O)CC2)cc1O. The molecule has 1 fully saturated rings. The zero-order valence-corrected chi connectivity index (χ0v) is 10.9. The van der Waals surface area contributed by atoms with Gasteiger partial charge in [0.1, 0.15) is 0 Å². The second-order valence-corrected chi connectivity index (χ2v) is 4.87. The first-order chi connectivity index (χ1) is 9.10. The summed E-state index contributed by atoms with van der Waals surface area (Å²) in [5, 5.41) is 22.0. The van der Waals surface area contributed by atoms with Gasteiger partial charge in [-0.1, -0.05) is 0 Å². The first kappa shape index (κ1) is 13.7. The summed E-state index contributed by atoms with van der Waals surface area (Å²) in [5.74, 6) is 0.0888. The van der Waals surface area contributed by atoms with Crippen molar-refractivity contribution < 1.29 is 19.7 Å². The van der Waals surface area contributed by atoms with Gasteiger partial charge in [-0.3, -0.25) is 4.79 Å². The van der Waals surface area contributed by atoms with Gasteiger partial charge in [-0.2, -0.15) is 0 Å². The first-order valence-corrected chi connectivity index (χ1v) is 6.46. The van der Waals surface area contributed by atoms with Crippen LogP contribution in [0.2, 0.25) is 0 Å². The molecule has 0 heterocycles. The number of ether oxygens (including phenoxy) is 1. The number of amides is 1. The highest BCUT2D eigenvalue weighted by Gasteiger charge is 2.21. The average molecular weight is 265 g/mol. The lowest BCUT2D eigenvalue weighted by Crippen LogP contribution is -2.38. The van der Waals surface area contributed by atoms with Crippen LogP contribution in [0.15, 0.2) is 18.2 Å². The van der Waals surface area contributed by atoms with Gasteiger partial charge in [0.25, 0.3) is 5.91 Å². The third-order valence-corrected chi connectivity index (χ3v) is 3.47. The van der Waals surface area contributed by atoms with Crippen LogP contribution in [0.4, 0.5) is 0 Å². The second kappa shape index (κ2) is 5.93. The topological polar surface area (TPSA) is 78.8 Å². The Morgan fingerprint density at radius 2 is 2.00 bits per heavy atom. The molecule has 1 saturated carbocycles. The van der Waals surface area contributed by atoms with Crippen LogP contribution >= 0.6 is 0 Å². The van der Waals surface area contributed by atoms with Gasteiger partial charge in [0.05, 0.1) is 13.2 Å². The molecule has 1 amide bonds. The van der Waals surface area contributed by atoms with Crippen molar-refractivity contribution in [3.8, 4) is 11.5 Å². The van der Waals surface area contributed by atoms with Crippen molar-refractivity contribution in [2.45, 2.75) is 37.8 Å². The Bertz CT molecular complexity index is 453. The van der Waals surface area contributed by atoms with Crippen molar-refractivity contribution in [2.75, 3.05) is 7.11 Å². The Balaban J connectivity index is 1.98. The largest absolute Gasteiger partial charge is 0.504 e. The molecular formula is C14H19NO4. The molecule has 1 aromatic carbocycles. The van der Waals surface area contributed by atoms with Gasteiger partial charge in [-0.25, -0.2) is 0 Å². The van der Waals surface area contributed by atoms with Crippen molar-refractivity contribution >= 4 is 5.91 Å². The van der Waals surface area contributed by atoms with Crippen LogP contribution in [0, 0.1) is 0 Å². The summed E-state index contributed by atoms with van der Waals surface area (Å²) in [6, 6.07) is 4.67. The van der Waals surface area contributed by atoms with E-state index in [4.69, 9.17) is 4.74 Å². The maximum Gasteiger partial charge on any atom is 0.251 e.